The lowest BCUT2D eigenvalue weighted by Crippen LogP contribution is -2.37. The van der Waals surface area contributed by atoms with Crippen LogP contribution in [0.5, 0.6) is 11.5 Å². The van der Waals surface area contributed by atoms with Crippen LogP contribution in [0.25, 0.3) is 0 Å². The van der Waals surface area contributed by atoms with E-state index in [0.717, 1.165) is 5.56 Å². The summed E-state index contributed by atoms with van der Waals surface area (Å²) in [6.45, 7) is 0.223. The van der Waals surface area contributed by atoms with Crippen LogP contribution in [0, 0.1) is 4.91 Å². The van der Waals surface area contributed by atoms with E-state index in [1.54, 1.807) is 30.3 Å². The maximum atomic E-state index is 11.9. The SMILES string of the molecule is O=Nc1ccc2cc1Oc1cccc(c1)CNC(=O)CNC(=O)C2. The molecule has 1 heterocycles. The number of fused-ring (bicyclic) bond motifs is 4. The van der Waals surface area contributed by atoms with Gasteiger partial charge in [0.05, 0.1) is 13.0 Å². The molecule has 0 aliphatic carbocycles. The summed E-state index contributed by atoms with van der Waals surface area (Å²) >= 11 is 0. The predicted molar refractivity (Wildman–Crippen MR) is 87.0 cm³/mol. The van der Waals surface area contributed by atoms with Gasteiger partial charge in [0.1, 0.15) is 5.75 Å². The number of amides is 2. The zero-order chi connectivity index (χ0) is 16.9. The molecular formula is C17H15N3O4. The van der Waals surface area contributed by atoms with E-state index in [1.165, 1.54) is 6.07 Å². The van der Waals surface area contributed by atoms with E-state index in [2.05, 4.69) is 15.8 Å². The van der Waals surface area contributed by atoms with Gasteiger partial charge < -0.3 is 15.4 Å². The average Bonchev–Trinajstić information content (AvgIpc) is 2.58. The molecule has 0 atom stereocenters. The second-order valence-electron chi connectivity index (χ2n) is 5.37. The number of hydrogen-bond donors (Lipinski definition) is 2. The Morgan fingerprint density at radius 1 is 0.917 bits per heavy atom. The van der Waals surface area contributed by atoms with Gasteiger partial charge in [-0.3, -0.25) is 9.59 Å². The van der Waals surface area contributed by atoms with Gasteiger partial charge in [-0.15, -0.1) is 4.91 Å². The summed E-state index contributed by atoms with van der Waals surface area (Å²) < 4.78 is 5.75. The molecule has 3 rings (SSSR count). The summed E-state index contributed by atoms with van der Waals surface area (Å²) in [7, 11) is 0. The van der Waals surface area contributed by atoms with Gasteiger partial charge in [-0.1, -0.05) is 18.2 Å². The highest BCUT2D eigenvalue weighted by atomic mass is 16.5. The van der Waals surface area contributed by atoms with E-state index in [1.807, 2.05) is 6.07 Å². The van der Waals surface area contributed by atoms with Crippen molar-refractivity contribution >= 4 is 17.5 Å². The number of nitrogens with one attached hydrogen (secondary N) is 2. The molecule has 2 aromatic carbocycles. The van der Waals surface area contributed by atoms with Gasteiger partial charge in [0.25, 0.3) is 0 Å². The molecule has 1 aliphatic rings. The van der Waals surface area contributed by atoms with Crippen molar-refractivity contribution in [1.82, 2.24) is 10.6 Å². The number of carbonyl (C=O) groups is 2. The summed E-state index contributed by atoms with van der Waals surface area (Å²) in [6, 6.07) is 11.9. The van der Waals surface area contributed by atoms with Crippen molar-refractivity contribution in [2.45, 2.75) is 13.0 Å². The van der Waals surface area contributed by atoms with E-state index >= 15 is 0 Å². The number of ether oxygens (including phenoxy) is 1. The molecule has 4 bridgehead atoms. The number of nitrogens with zero attached hydrogens (tertiary/aromatic N) is 1. The molecule has 1 aliphatic heterocycles. The highest BCUT2D eigenvalue weighted by Gasteiger charge is 2.12. The Balaban J connectivity index is 1.99. The largest absolute Gasteiger partial charge is 0.455 e. The number of nitroso groups, excluding NO2 is 1. The lowest BCUT2D eigenvalue weighted by atomic mass is 10.1. The van der Waals surface area contributed by atoms with E-state index in [0.29, 0.717) is 17.9 Å². The van der Waals surface area contributed by atoms with E-state index in [-0.39, 0.29) is 36.2 Å². The molecule has 0 fully saturated rings. The van der Waals surface area contributed by atoms with Crippen LogP contribution in [0.4, 0.5) is 5.69 Å². The zero-order valence-corrected chi connectivity index (χ0v) is 12.7. The summed E-state index contributed by atoms with van der Waals surface area (Å²) in [6.07, 6.45) is 0.0722. The summed E-state index contributed by atoms with van der Waals surface area (Å²) in [5, 5.41) is 8.23. The molecule has 0 spiro atoms. The highest BCUT2D eigenvalue weighted by molar-refractivity contribution is 5.85. The van der Waals surface area contributed by atoms with Gasteiger partial charge in [-0.25, -0.2) is 0 Å². The molecule has 2 aromatic rings. The summed E-state index contributed by atoms with van der Waals surface area (Å²) in [5.41, 5.74) is 1.65. The fraction of sp³-hybridized carbons (Fsp3) is 0.176. The van der Waals surface area contributed by atoms with Gasteiger partial charge in [0, 0.05) is 6.54 Å². The molecule has 7 heteroatoms. The first kappa shape index (κ1) is 15.7. The fourth-order valence-corrected chi connectivity index (χ4v) is 2.36. The van der Waals surface area contributed by atoms with E-state index in [9.17, 15) is 14.5 Å². The van der Waals surface area contributed by atoms with Crippen molar-refractivity contribution in [2.75, 3.05) is 6.54 Å². The van der Waals surface area contributed by atoms with Gasteiger partial charge >= 0.3 is 0 Å². The third-order valence-electron chi connectivity index (χ3n) is 3.55. The zero-order valence-electron chi connectivity index (χ0n) is 12.7. The third-order valence-corrected chi connectivity index (χ3v) is 3.55. The molecule has 2 N–H and O–H groups in total. The first-order chi connectivity index (χ1) is 11.6. The second-order valence-corrected chi connectivity index (χ2v) is 5.37. The van der Waals surface area contributed by atoms with Gasteiger partial charge in [-0.2, -0.15) is 0 Å². The number of rotatable bonds is 1. The van der Waals surface area contributed by atoms with Crippen molar-refractivity contribution in [3.63, 3.8) is 0 Å². The Morgan fingerprint density at radius 3 is 2.58 bits per heavy atom. The molecule has 7 nitrogen and oxygen atoms in total. The molecule has 0 aromatic heterocycles. The van der Waals surface area contributed by atoms with Crippen LogP contribution in [0.1, 0.15) is 11.1 Å². The smallest absolute Gasteiger partial charge is 0.239 e. The Morgan fingerprint density at radius 2 is 1.75 bits per heavy atom. The molecule has 0 saturated carbocycles. The molecule has 24 heavy (non-hydrogen) atoms. The molecule has 0 radical (unpaired) electrons. The van der Waals surface area contributed by atoms with Crippen molar-refractivity contribution in [3.05, 3.63) is 58.5 Å². The minimum absolute atomic E-state index is 0.0722. The predicted octanol–water partition coefficient (Wildman–Crippen LogP) is 2.17. The molecular weight excluding hydrogens is 310 g/mol. The lowest BCUT2D eigenvalue weighted by molar-refractivity contribution is -0.125. The first-order valence-electron chi connectivity index (χ1n) is 7.40. The molecule has 122 valence electrons. The lowest BCUT2D eigenvalue weighted by Gasteiger charge is -2.13. The van der Waals surface area contributed by atoms with Crippen LogP contribution in [0.2, 0.25) is 0 Å². The van der Waals surface area contributed by atoms with Gasteiger partial charge in [-0.05, 0) is 40.6 Å². The van der Waals surface area contributed by atoms with Crippen molar-refractivity contribution in [3.8, 4) is 11.5 Å². The van der Waals surface area contributed by atoms with Crippen molar-refractivity contribution in [1.29, 1.82) is 0 Å². The Labute approximate surface area is 138 Å². The monoisotopic (exact) mass is 325 g/mol. The van der Waals surface area contributed by atoms with Crippen LogP contribution >= 0.6 is 0 Å². The maximum Gasteiger partial charge on any atom is 0.239 e. The van der Waals surface area contributed by atoms with Crippen molar-refractivity contribution in [2.24, 2.45) is 5.18 Å². The number of benzene rings is 2. The minimum Gasteiger partial charge on any atom is -0.455 e. The number of hydrogen-bond acceptors (Lipinski definition) is 5. The molecule has 0 unspecified atom stereocenters. The van der Waals surface area contributed by atoms with Gasteiger partial charge in [0.2, 0.25) is 11.8 Å². The van der Waals surface area contributed by atoms with E-state index in [4.69, 9.17) is 4.74 Å². The third kappa shape index (κ3) is 3.75. The van der Waals surface area contributed by atoms with E-state index < -0.39 is 0 Å². The minimum atomic E-state index is -0.293. The average molecular weight is 325 g/mol. The standard InChI is InChI=1S/C17H15N3O4/c21-16-8-11-4-5-14(20-23)15(7-11)24-13-3-1-2-12(6-13)9-18-17(22)10-19-16/h1-7H,8-10H2,(H,18,22)(H,19,21). The number of carbonyl (C=O) groups excluding carboxylic acids is 2. The second kappa shape index (κ2) is 6.91. The van der Waals surface area contributed by atoms with Crippen LogP contribution in [-0.4, -0.2) is 18.4 Å². The molecule has 2 amide bonds. The topological polar surface area (TPSA) is 96.9 Å². The van der Waals surface area contributed by atoms with Crippen molar-refractivity contribution < 1.29 is 14.3 Å². The Bertz CT molecular complexity index is 804. The normalized spacial score (nSPS) is 14.7. The first-order valence-corrected chi connectivity index (χ1v) is 7.40. The van der Waals surface area contributed by atoms with Crippen LogP contribution in [-0.2, 0) is 22.6 Å². The quantitative estimate of drug-likeness (QED) is 0.785. The Kier molecular flexibility index (Phi) is 4.51. The van der Waals surface area contributed by atoms with Crippen LogP contribution < -0.4 is 15.4 Å². The fourth-order valence-electron chi connectivity index (χ4n) is 2.36. The van der Waals surface area contributed by atoms with Gasteiger partial charge in [0.15, 0.2) is 11.4 Å². The van der Waals surface area contributed by atoms with Crippen LogP contribution in [0.3, 0.4) is 0 Å². The highest BCUT2D eigenvalue weighted by Crippen LogP contribution is 2.33. The summed E-state index contributed by atoms with van der Waals surface area (Å²) in [5.74, 6) is 0.241. The Hall–Kier alpha value is -3.22. The maximum absolute atomic E-state index is 11.9. The summed E-state index contributed by atoms with van der Waals surface area (Å²) in [4.78, 5) is 34.6. The van der Waals surface area contributed by atoms with Crippen LogP contribution in [0.15, 0.2) is 47.6 Å². The molecule has 0 saturated heterocycles.